The first-order valence-corrected chi connectivity index (χ1v) is 16.5. The topological polar surface area (TPSA) is 171 Å². The standard InChI is InChI=1S/C34H37ClF3N9O5/c1-33(2,3)15-26(52-32(39)51)31(50)46-12-10-45(11-13-46)30(49)22-8-7-21(14-24(22)35)42-29(48)28-41-17-25(44(28)4)23-19-47(43-27(23)34(36,37)38)18-20-6-5-9-40-16-20/h5-9,14,16-17,19,26H,10-13,15,18H2,1-4H3,(H2,39,51)(H,42,48)/t26-/m0/s1. The Labute approximate surface area is 301 Å². The van der Waals surface area contributed by atoms with E-state index in [0.29, 0.717) is 5.56 Å². The van der Waals surface area contributed by atoms with Gasteiger partial charge in [0.1, 0.15) is 0 Å². The molecule has 4 aromatic rings. The predicted octanol–water partition coefficient (Wildman–Crippen LogP) is 4.84. The van der Waals surface area contributed by atoms with Crippen LogP contribution in [0.1, 0.15) is 59.4 Å². The number of benzene rings is 1. The first-order chi connectivity index (χ1) is 24.4. The zero-order valence-corrected chi connectivity index (χ0v) is 29.5. The summed E-state index contributed by atoms with van der Waals surface area (Å²) in [4.78, 5) is 62.3. The smallest absolute Gasteiger partial charge is 0.435 e. The Morgan fingerprint density at radius 3 is 2.33 bits per heavy atom. The van der Waals surface area contributed by atoms with Crippen LogP contribution >= 0.6 is 11.6 Å². The maximum Gasteiger partial charge on any atom is 0.435 e. The number of nitrogens with zero attached hydrogens (tertiary/aromatic N) is 7. The number of nitrogens with two attached hydrogens (primary N) is 1. The van der Waals surface area contributed by atoms with Crippen LogP contribution in [0.4, 0.5) is 23.7 Å². The minimum atomic E-state index is -4.78. The molecule has 5 rings (SSSR count). The molecule has 0 bridgehead atoms. The normalized spacial score (nSPS) is 14.2. The highest BCUT2D eigenvalue weighted by molar-refractivity contribution is 6.34. The summed E-state index contributed by atoms with van der Waals surface area (Å²) >= 11 is 6.48. The van der Waals surface area contributed by atoms with Crippen LogP contribution in [0.25, 0.3) is 11.3 Å². The quantitative estimate of drug-likeness (QED) is 0.246. The number of rotatable bonds is 9. The van der Waals surface area contributed by atoms with Gasteiger partial charge in [0, 0.05) is 57.5 Å². The monoisotopic (exact) mass is 743 g/mol. The number of hydrogen-bond donors (Lipinski definition) is 2. The highest BCUT2D eigenvalue weighted by atomic mass is 35.5. The molecule has 0 saturated carbocycles. The summed E-state index contributed by atoms with van der Waals surface area (Å²) in [6, 6.07) is 7.65. The molecule has 1 aliphatic heterocycles. The van der Waals surface area contributed by atoms with Crippen LogP contribution in [0, 0.1) is 5.41 Å². The van der Waals surface area contributed by atoms with Crippen molar-refractivity contribution in [3.8, 4) is 11.3 Å². The van der Waals surface area contributed by atoms with Crippen molar-refractivity contribution in [3.63, 3.8) is 0 Å². The first kappa shape index (κ1) is 37.8. The zero-order chi connectivity index (χ0) is 38.0. The second kappa shape index (κ2) is 15.0. The van der Waals surface area contributed by atoms with E-state index in [-0.39, 0.29) is 77.9 Å². The van der Waals surface area contributed by atoms with Gasteiger partial charge in [-0.3, -0.25) is 24.0 Å². The van der Waals surface area contributed by atoms with Crippen LogP contribution < -0.4 is 11.1 Å². The Kier molecular flexibility index (Phi) is 10.9. The summed E-state index contributed by atoms with van der Waals surface area (Å²) in [5, 5.41) is 6.42. The van der Waals surface area contributed by atoms with Crippen molar-refractivity contribution in [2.24, 2.45) is 18.2 Å². The van der Waals surface area contributed by atoms with E-state index in [1.807, 2.05) is 20.8 Å². The Bertz CT molecular complexity index is 1970. The van der Waals surface area contributed by atoms with Crippen LogP contribution in [-0.2, 0) is 29.3 Å². The second-order valence-electron chi connectivity index (χ2n) is 13.4. The van der Waals surface area contributed by atoms with Gasteiger partial charge in [0.2, 0.25) is 0 Å². The van der Waals surface area contributed by atoms with Crippen molar-refractivity contribution < 1.29 is 37.1 Å². The fourth-order valence-corrected chi connectivity index (χ4v) is 6.04. The summed E-state index contributed by atoms with van der Waals surface area (Å²) in [6.07, 6.45) is -1.13. The van der Waals surface area contributed by atoms with Gasteiger partial charge in [-0.05, 0) is 41.7 Å². The number of nitrogens with one attached hydrogen (secondary N) is 1. The van der Waals surface area contributed by atoms with Gasteiger partial charge in [-0.1, -0.05) is 38.4 Å². The van der Waals surface area contributed by atoms with Crippen molar-refractivity contribution in [1.82, 2.24) is 34.1 Å². The predicted molar refractivity (Wildman–Crippen MR) is 183 cm³/mol. The molecule has 0 radical (unpaired) electrons. The maximum absolute atomic E-state index is 14.0. The van der Waals surface area contributed by atoms with Crippen LogP contribution in [0.15, 0.2) is 55.1 Å². The number of anilines is 1. The average Bonchev–Trinajstić information content (AvgIpc) is 3.67. The molecule has 3 N–H and O–H groups in total. The van der Waals surface area contributed by atoms with E-state index in [4.69, 9.17) is 22.1 Å². The summed E-state index contributed by atoms with van der Waals surface area (Å²) in [5.41, 5.74) is 4.52. The number of pyridine rings is 1. The van der Waals surface area contributed by atoms with E-state index in [9.17, 15) is 32.3 Å². The molecule has 18 heteroatoms. The van der Waals surface area contributed by atoms with Crippen molar-refractivity contribution in [3.05, 3.63) is 82.8 Å². The number of primary amides is 1. The molecule has 0 unspecified atom stereocenters. The average molecular weight is 744 g/mol. The van der Waals surface area contributed by atoms with Crippen molar-refractivity contribution in [1.29, 1.82) is 0 Å². The third-order valence-electron chi connectivity index (χ3n) is 8.23. The van der Waals surface area contributed by atoms with Gasteiger partial charge >= 0.3 is 12.3 Å². The molecule has 276 valence electrons. The van der Waals surface area contributed by atoms with Crippen LogP contribution in [0.5, 0.6) is 0 Å². The highest BCUT2D eigenvalue weighted by Crippen LogP contribution is 2.36. The van der Waals surface area contributed by atoms with Gasteiger partial charge in [-0.25, -0.2) is 9.78 Å². The Hall–Kier alpha value is -5.45. The number of halogens is 4. The van der Waals surface area contributed by atoms with Crippen LogP contribution in [0.2, 0.25) is 5.02 Å². The number of carbonyl (C=O) groups is 4. The number of imidazole rings is 1. The third kappa shape index (κ3) is 8.88. The molecular weight excluding hydrogens is 707 g/mol. The van der Waals surface area contributed by atoms with E-state index in [2.05, 4.69) is 20.4 Å². The van der Waals surface area contributed by atoms with Crippen LogP contribution in [-0.4, -0.2) is 90.2 Å². The van der Waals surface area contributed by atoms with Gasteiger partial charge in [-0.15, -0.1) is 0 Å². The number of alkyl halides is 3. The minimum absolute atomic E-state index is 0.0146. The third-order valence-corrected chi connectivity index (χ3v) is 8.55. The van der Waals surface area contributed by atoms with E-state index >= 15 is 0 Å². The lowest BCUT2D eigenvalue weighted by atomic mass is 9.88. The molecular formula is C34H37ClF3N9O5. The zero-order valence-electron chi connectivity index (χ0n) is 28.8. The molecule has 0 spiro atoms. The number of piperazine rings is 1. The van der Waals surface area contributed by atoms with Gasteiger partial charge in [-0.2, -0.15) is 18.3 Å². The summed E-state index contributed by atoms with van der Waals surface area (Å²) in [7, 11) is 1.41. The molecule has 52 heavy (non-hydrogen) atoms. The van der Waals surface area contributed by atoms with Crippen molar-refractivity contribution in [2.45, 2.75) is 46.0 Å². The molecule has 4 heterocycles. The van der Waals surface area contributed by atoms with Crippen molar-refractivity contribution in [2.75, 3.05) is 31.5 Å². The fourth-order valence-electron chi connectivity index (χ4n) is 5.78. The number of aromatic nitrogens is 5. The number of hydrogen-bond acceptors (Lipinski definition) is 8. The van der Waals surface area contributed by atoms with E-state index < -0.39 is 41.8 Å². The van der Waals surface area contributed by atoms with E-state index in [1.165, 1.54) is 52.0 Å². The molecule has 1 aliphatic rings. The van der Waals surface area contributed by atoms with Gasteiger partial charge in [0.05, 0.1) is 34.6 Å². The molecule has 1 atom stereocenters. The highest BCUT2D eigenvalue weighted by Gasteiger charge is 2.39. The summed E-state index contributed by atoms with van der Waals surface area (Å²) in [6.45, 7) is 6.54. The number of amides is 4. The van der Waals surface area contributed by atoms with E-state index in [1.54, 1.807) is 18.3 Å². The van der Waals surface area contributed by atoms with Crippen LogP contribution in [0.3, 0.4) is 0 Å². The molecule has 1 fully saturated rings. The largest absolute Gasteiger partial charge is 0.436 e. The Morgan fingerprint density at radius 2 is 1.73 bits per heavy atom. The number of ether oxygens (including phenoxy) is 1. The van der Waals surface area contributed by atoms with Crippen molar-refractivity contribution >= 4 is 41.1 Å². The molecule has 14 nitrogen and oxygen atoms in total. The number of carbonyl (C=O) groups excluding carboxylic acids is 4. The Morgan fingerprint density at radius 1 is 1.04 bits per heavy atom. The first-order valence-electron chi connectivity index (χ1n) is 16.1. The summed E-state index contributed by atoms with van der Waals surface area (Å²) < 4.78 is 49.5. The molecule has 1 saturated heterocycles. The molecule has 0 aliphatic carbocycles. The van der Waals surface area contributed by atoms with E-state index in [0.717, 1.165) is 10.9 Å². The lowest BCUT2D eigenvalue weighted by Gasteiger charge is -2.37. The van der Waals surface area contributed by atoms with Gasteiger partial charge in [0.15, 0.2) is 17.6 Å². The minimum Gasteiger partial charge on any atom is -0.436 e. The molecule has 3 aromatic heterocycles. The molecule has 1 aromatic carbocycles. The summed E-state index contributed by atoms with van der Waals surface area (Å²) in [5.74, 6) is -1.70. The lowest BCUT2D eigenvalue weighted by molar-refractivity contribution is -0.143. The SMILES string of the molecule is Cn1c(-c2cn(Cc3cccnc3)nc2C(F)(F)F)cnc1C(=O)Nc1ccc(C(=O)N2CCN(C(=O)[C@H](CC(C)(C)C)OC(N)=O)CC2)c(Cl)c1. The van der Waals surface area contributed by atoms with Gasteiger partial charge in [0.25, 0.3) is 17.7 Å². The lowest BCUT2D eigenvalue weighted by Crippen LogP contribution is -2.54. The second-order valence-corrected chi connectivity index (χ2v) is 13.8. The van der Waals surface area contributed by atoms with Gasteiger partial charge < -0.3 is 30.2 Å². The molecule has 4 amide bonds. The Balaban J connectivity index is 1.24. The maximum atomic E-state index is 14.0. The fraction of sp³-hybridized carbons (Fsp3) is 0.382.